The summed E-state index contributed by atoms with van der Waals surface area (Å²) in [7, 11) is 1.56. The van der Waals surface area contributed by atoms with Gasteiger partial charge >= 0.3 is 0 Å². The highest BCUT2D eigenvalue weighted by atomic mass is 32.1. The smallest absolute Gasteiger partial charge is 0.208 e. The molecule has 4 heteroatoms. The van der Waals surface area contributed by atoms with Gasteiger partial charge in [0.15, 0.2) is 0 Å². The normalized spacial score (nSPS) is 10.1. The van der Waals surface area contributed by atoms with E-state index in [4.69, 9.17) is 4.74 Å². The molecule has 82 valence electrons. The van der Waals surface area contributed by atoms with Crippen LogP contribution in [0.3, 0.4) is 0 Å². The maximum absolute atomic E-state index is 12.1. The Kier molecular flexibility index (Phi) is 3.01. The molecule has 3 nitrogen and oxygen atoms in total. The standard InChI is InChI=1S/C12H11NO2S/c1-8-5-9(7-13-6-8)11(14)12-10(15-2)3-4-16-12/h3-7H,1-2H3. The lowest BCUT2D eigenvalue weighted by Gasteiger charge is -2.02. The summed E-state index contributed by atoms with van der Waals surface area (Å²) in [5.41, 5.74) is 1.57. The van der Waals surface area contributed by atoms with Crippen molar-refractivity contribution in [3.63, 3.8) is 0 Å². The second-order valence-electron chi connectivity index (χ2n) is 3.40. The summed E-state index contributed by atoms with van der Waals surface area (Å²) >= 11 is 1.38. The number of methoxy groups -OCH3 is 1. The monoisotopic (exact) mass is 233 g/mol. The number of aryl methyl sites for hydroxylation is 1. The van der Waals surface area contributed by atoms with Crippen LogP contribution in [0.4, 0.5) is 0 Å². The SMILES string of the molecule is COc1ccsc1C(=O)c1cncc(C)c1. The quantitative estimate of drug-likeness (QED) is 0.765. The van der Waals surface area contributed by atoms with Gasteiger partial charge in [0.25, 0.3) is 0 Å². The molecule has 0 bridgehead atoms. The van der Waals surface area contributed by atoms with Crippen LogP contribution in [-0.2, 0) is 0 Å². The molecule has 0 spiro atoms. The highest BCUT2D eigenvalue weighted by molar-refractivity contribution is 7.12. The van der Waals surface area contributed by atoms with Crippen LogP contribution < -0.4 is 4.74 Å². The van der Waals surface area contributed by atoms with E-state index in [1.54, 1.807) is 25.6 Å². The zero-order valence-corrected chi connectivity index (χ0v) is 9.88. The highest BCUT2D eigenvalue weighted by Gasteiger charge is 2.16. The minimum absolute atomic E-state index is 0.0388. The Labute approximate surface area is 97.7 Å². The summed E-state index contributed by atoms with van der Waals surface area (Å²) in [6, 6.07) is 3.62. The maximum atomic E-state index is 12.1. The van der Waals surface area contributed by atoms with E-state index in [2.05, 4.69) is 4.98 Å². The van der Waals surface area contributed by atoms with Crippen LogP contribution in [0.25, 0.3) is 0 Å². The number of hydrogen-bond acceptors (Lipinski definition) is 4. The van der Waals surface area contributed by atoms with Crippen molar-refractivity contribution >= 4 is 17.1 Å². The van der Waals surface area contributed by atoms with Crippen molar-refractivity contribution < 1.29 is 9.53 Å². The number of aromatic nitrogens is 1. The fourth-order valence-corrected chi connectivity index (χ4v) is 2.25. The molecule has 0 atom stereocenters. The first-order valence-corrected chi connectivity index (χ1v) is 5.68. The molecule has 0 aromatic carbocycles. The van der Waals surface area contributed by atoms with Gasteiger partial charge in [0.05, 0.1) is 7.11 Å². The Bertz CT molecular complexity index is 519. The summed E-state index contributed by atoms with van der Waals surface area (Å²) in [4.78, 5) is 16.8. The molecule has 2 heterocycles. The molecule has 2 rings (SSSR count). The minimum Gasteiger partial charge on any atom is -0.495 e. The van der Waals surface area contributed by atoms with Crippen LogP contribution in [0, 0.1) is 6.92 Å². The Morgan fingerprint density at radius 3 is 2.94 bits per heavy atom. The maximum Gasteiger partial charge on any atom is 0.208 e. The van der Waals surface area contributed by atoms with Crippen LogP contribution in [0.2, 0.25) is 0 Å². The van der Waals surface area contributed by atoms with Gasteiger partial charge in [-0.2, -0.15) is 0 Å². The molecule has 0 aliphatic rings. The lowest BCUT2D eigenvalue weighted by Crippen LogP contribution is -2.01. The Hall–Kier alpha value is -1.68. The van der Waals surface area contributed by atoms with Crippen molar-refractivity contribution in [1.82, 2.24) is 4.98 Å². The van der Waals surface area contributed by atoms with Crippen molar-refractivity contribution in [3.05, 3.63) is 45.9 Å². The summed E-state index contributed by atoms with van der Waals surface area (Å²) < 4.78 is 5.13. The van der Waals surface area contributed by atoms with Crippen LogP contribution in [0.5, 0.6) is 5.75 Å². The number of carbonyl (C=O) groups excluding carboxylic acids is 1. The number of pyridine rings is 1. The average molecular weight is 233 g/mol. The molecule has 16 heavy (non-hydrogen) atoms. The molecule has 0 amide bonds. The van der Waals surface area contributed by atoms with Crippen molar-refractivity contribution in [3.8, 4) is 5.75 Å². The Morgan fingerprint density at radius 2 is 2.25 bits per heavy atom. The molecule has 0 radical (unpaired) electrons. The Morgan fingerprint density at radius 1 is 1.44 bits per heavy atom. The molecule has 0 fully saturated rings. The molecule has 0 saturated heterocycles. The predicted octanol–water partition coefficient (Wildman–Crippen LogP) is 2.69. The molecular formula is C12H11NO2S. The molecular weight excluding hydrogens is 222 g/mol. The van der Waals surface area contributed by atoms with Gasteiger partial charge in [-0.05, 0) is 30.0 Å². The zero-order chi connectivity index (χ0) is 11.5. The van der Waals surface area contributed by atoms with Crippen molar-refractivity contribution in [1.29, 1.82) is 0 Å². The summed E-state index contributed by atoms with van der Waals surface area (Å²) in [6.07, 6.45) is 3.30. The first kappa shape index (κ1) is 10.8. The lowest BCUT2D eigenvalue weighted by atomic mass is 10.1. The fraction of sp³-hybridized carbons (Fsp3) is 0.167. The van der Waals surface area contributed by atoms with Gasteiger partial charge in [-0.1, -0.05) is 0 Å². The summed E-state index contributed by atoms with van der Waals surface area (Å²) in [5.74, 6) is 0.583. The van der Waals surface area contributed by atoms with Crippen LogP contribution >= 0.6 is 11.3 Å². The third-order valence-electron chi connectivity index (χ3n) is 2.19. The van der Waals surface area contributed by atoms with Gasteiger partial charge < -0.3 is 4.74 Å². The zero-order valence-electron chi connectivity index (χ0n) is 9.06. The number of thiophene rings is 1. The van der Waals surface area contributed by atoms with Gasteiger partial charge in [-0.25, -0.2) is 0 Å². The highest BCUT2D eigenvalue weighted by Crippen LogP contribution is 2.27. The van der Waals surface area contributed by atoms with E-state index in [9.17, 15) is 4.79 Å². The van der Waals surface area contributed by atoms with Crippen molar-refractivity contribution in [2.75, 3.05) is 7.11 Å². The first-order chi connectivity index (χ1) is 7.72. The third kappa shape index (κ3) is 1.97. The van der Waals surface area contributed by atoms with E-state index in [1.807, 2.05) is 18.4 Å². The molecule has 0 saturated carbocycles. The van der Waals surface area contributed by atoms with Crippen LogP contribution in [-0.4, -0.2) is 17.9 Å². The van der Waals surface area contributed by atoms with E-state index in [1.165, 1.54) is 11.3 Å². The predicted molar refractivity (Wildman–Crippen MR) is 63.3 cm³/mol. The molecule has 0 aliphatic carbocycles. The van der Waals surface area contributed by atoms with Gasteiger partial charge in [0.2, 0.25) is 5.78 Å². The number of ether oxygens (including phenoxy) is 1. The summed E-state index contributed by atoms with van der Waals surface area (Å²) in [6.45, 7) is 1.91. The second kappa shape index (κ2) is 4.45. The molecule has 2 aromatic rings. The van der Waals surface area contributed by atoms with Crippen LogP contribution in [0.1, 0.15) is 20.8 Å². The van der Waals surface area contributed by atoms with Gasteiger partial charge in [0.1, 0.15) is 10.6 Å². The number of rotatable bonds is 3. The lowest BCUT2D eigenvalue weighted by molar-refractivity contribution is 0.103. The number of carbonyl (C=O) groups is 1. The summed E-state index contributed by atoms with van der Waals surface area (Å²) in [5, 5.41) is 1.84. The number of hydrogen-bond donors (Lipinski definition) is 0. The number of nitrogens with zero attached hydrogens (tertiary/aromatic N) is 1. The largest absolute Gasteiger partial charge is 0.495 e. The molecule has 0 unspecified atom stereocenters. The topological polar surface area (TPSA) is 39.2 Å². The minimum atomic E-state index is -0.0388. The first-order valence-electron chi connectivity index (χ1n) is 4.80. The molecule has 0 aliphatic heterocycles. The molecule has 2 aromatic heterocycles. The van der Waals surface area contributed by atoms with Crippen LogP contribution in [0.15, 0.2) is 29.9 Å². The van der Waals surface area contributed by atoms with Gasteiger partial charge in [-0.15, -0.1) is 11.3 Å². The third-order valence-corrected chi connectivity index (χ3v) is 3.09. The van der Waals surface area contributed by atoms with E-state index in [0.717, 1.165) is 5.56 Å². The van der Waals surface area contributed by atoms with Crippen molar-refractivity contribution in [2.45, 2.75) is 6.92 Å². The van der Waals surface area contributed by atoms with E-state index >= 15 is 0 Å². The van der Waals surface area contributed by atoms with E-state index < -0.39 is 0 Å². The van der Waals surface area contributed by atoms with E-state index in [-0.39, 0.29) is 5.78 Å². The number of ketones is 1. The Balaban J connectivity index is 2.39. The van der Waals surface area contributed by atoms with Gasteiger partial charge in [0, 0.05) is 18.0 Å². The second-order valence-corrected chi connectivity index (χ2v) is 4.31. The van der Waals surface area contributed by atoms with Crippen molar-refractivity contribution in [2.24, 2.45) is 0 Å². The van der Waals surface area contributed by atoms with E-state index in [0.29, 0.717) is 16.2 Å². The molecule has 0 N–H and O–H groups in total. The van der Waals surface area contributed by atoms with Gasteiger partial charge in [-0.3, -0.25) is 9.78 Å². The fourth-order valence-electron chi connectivity index (χ4n) is 1.43. The average Bonchev–Trinajstić information content (AvgIpc) is 2.76.